The first-order valence-corrected chi connectivity index (χ1v) is 6.84. The van der Waals surface area contributed by atoms with Gasteiger partial charge in [-0.3, -0.25) is 10.1 Å². The second-order valence-corrected chi connectivity index (χ2v) is 4.80. The van der Waals surface area contributed by atoms with Crippen molar-refractivity contribution in [2.75, 3.05) is 13.1 Å². The zero-order valence-corrected chi connectivity index (χ0v) is 12.8. The molecule has 6 heteroatoms. The van der Waals surface area contributed by atoms with Gasteiger partial charge in [0, 0.05) is 18.7 Å². The van der Waals surface area contributed by atoms with Crippen molar-refractivity contribution in [2.24, 2.45) is 0 Å². The first-order valence-electron chi connectivity index (χ1n) is 6.84. The molecule has 0 amide bonds. The Kier molecular flexibility index (Phi) is 7.52. The second-order valence-electron chi connectivity index (χ2n) is 4.80. The lowest BCUT2D eigenvalue weighted by atomic mass is 10.1. The summed E-state index contributed by atoms with van der Waals surface area (Å²) in [5.74, 6) is 0. The predicted molar refractivity (Wildman–Crippen MR) is 88.3 cm³/mol. The molecule has 0 unspecified atom stereocenters. The first kappa shape index (κ1) is 18.1. The van der Waals surface area contributed by atoms with E-state index in [0.29, 0.717) is 13.1 Å². The van der Waals surface area contributed by atoms with E-state index in [1.807, 2.05) is 30.3 Å². The fourth-order valence-corrected chi connectivity index (χ4v) is 2.05. The lowest BCUT2D eigenvalue weighted by Gasteiger charge is -2.12. The van der Waals surface area contributed by atoms with Gasteiger partial charge in [-0.25, -0.2) is 0 Å². The van der Waals surface area contributed by atoms with Crippen molar-refractivity contribution in [2.45, 2.75) is 12.5 Å². The molecule has 0 aliphatic heterocycles. The Morgan fingerprint density at radius 3 is 2.32 bits per heavy atom. The van der Waals surface area contributed by atoms with E-state index >= 15 is 0 Å². The van der Waals surface area contributed by atoms with Crippen LogP contribution in [0.4, 0.5) is 5.69 Å². The summed E-state index contributed by atoms with van der Waals surface area (Å²) in [7, 11) is 0. The molecule has 0 saturated carbocycles. The van der Waals surface area contributed by atoms with E-state index in [-0.39, 0.29) is 18.1 Å². The van der Waals surface area contributed by atoms with Crippen LogP contribution in [0.15, 0.2) is 54.6 Å². The van der Waals surface area contributed by atoms with Crippen LogP contribution >= 0.6 is 12.4 Å². The number of nitrogens with zero attached hydrogens (tertiary/aromatic N) is 1. The zero-order valence-electron chi connectivity index (χ0n) is 12.0. The number of hydrogen-bond donors (Lipinski definition) is 2. The normalized spacial score (nSPS) is 11.5. The molecule has 0 radical (unpaired) electrons. The van der Waals surface area contributed by atoms with E-state index in [1.165, 1.54) is 12.1 Å². The van der Waals surface area contributed by atoms with E-state index in [1.54, 1.807) is 12.1 Å². The number of benzene rings is 2. The molecule has 0 aliphatic carbocycles. The quantitative estimate of drug-likeness (QED) is 0.467. The van der Waals surface area contributed by atoms with Crippen LogP contribution in [0.5, 0.6) is 0 Å². The van der Waals surface area contributed by atoms with Crippen molar-refractivity contribution in [3.8, 4) is 0 Å². The average molecular weight is 323 g/mol. The average Bonchev–Trinajstić information content (AvgIpc) is 2.52. The number of hydrogen-bond acceptors (Lipinski definition) is 4. The van der Waals surface area contributed by atoms with Crippen molar-refractivity contribution >= 4 is 18.1 Å². The lowest BCUT2D eigenvalue weighted by molar-refractivity contribution is -0.384. The number of rotatable bonds is 7. The second kappa shape index (κ2) is 9.15. The molecule has 2 aromatic carbocycles. The van der Waals surface area contributed by atoms with Crippen LogP contribution < -0.4 is 5.32 Å². The third-order valence-corrected chi connectivity index (χ3v) is 3.26. The molecule has 1 atom stereocenters. The Bertz CT molecular complexity index is 576. The topological polar surface area (TPSA) is 75.4 Å². The highest BCUT2D eigenvalue weighted by Gasteiger charge is 2.06. The highest BCUT2D eigenvalue weighted by Crippen LogP contribution is 2.12. The van der Waals surface area contributed by atoms with Crippen molar-refractivity contribution in [3.63, 3.8) is 0 Å². The summed E-state index contributed by atoms with van der Waals surface area (Å²) in [6.07, 6.45) is 0.238. The largest absolute Gasteiger partial charge is 0.387 e. The van der Waals surface area contributed by atoms with Crippen molar-refractivity contribution < 1.29 is 10.0 Å². The van der Waals surface area contributed by atoms with Gasteiger partial charge >= 0.3 is 0 Å². The van der Waals surface area contributed by atoms with Gasteiger partial charge in [0.15, 0.2) is 0 Å². The number of halogens is 1. The molecule has 118 valence electrons. The number of nitro groups is 1. The van der Waals surface area contributed by atoms with Crippen LogP contribution in [0.1, 0.15) is 17.2 Å². The molecule has 0 saturated heterocycles. The van der Waals surface area contributed by atoms with Gasteiger partial charge in [0.05, 0.1) is 11.0 Å². The third-order valence-electron chi connectivity index (χ3n) is 3.26. The Morgan fingerprint density at radius 1 is 1.09 bits per heavy atom. The lowest BCUT2D eigenvalue weighted by Crippen LogP contribution is -2.23. The maximum atomic E-state index is 10.5. The van der Waals surface area contributed by atoms with E-state index in [9.17, 15) is 15.2 Å². The molecule has 22 heavy (non-hydrogen) atoms. The number of non-ortho nitro benzene ring substituents is 1. The molecule has 5 nitrogen and oxygen atoms in total. The van der Waals surface area contributed by atoms with E-state index in [4.69, 9.17) is 0 Å². The van der Waals surface area contributed by atoms with Gasteiger partial charge in [-0.15, -0.1) is 12.4 Å². The van der Waals surface area contributed by atoms with Crippen molar-refractivity contribution in [1.29, 1.82) is 0 Å². The third kappa shape index (κ3) is 5.44. The van der Waals surface area contributed by atoms with Crippen LogP contribution in [-0.4, -0.2) is 23.1 Å². The molecule has 0 heterocycles. The predicted octanol–water partition coefficient (Wildman–Crippen LogP) is 2.88. The summed E-state index contributed by atoms with van der Waals surface area (Å²) in [5, 5.41) is 23.7. The maximum absolute atomic E-state index is 10.5. The first-order chi connectivity index (χ1) is 10.2. The smallest absolute Gasteiger partial charge is 0.269 e. The van der Waals surface area contributed by atoms with Gasteiger partial charge in [0.1, 0.15) is 0 Å². The van der Waals surface area contributed by atoms with Crippen LogP contribution in [0.25, 0.3) is 0 Å². The Hall–Kier alpha value is -1.95. The summed E-state index contributed by atoms with van der Waals surface area (Å²) in [6.45, 7) is 1.19. The molecule has 2 rings (SSSR count). The fraction of sp³-hybridized carbons (Fsp3) is 0.250. The maximum Gasteiger partial charge on any atom is 0.269 e. The molecule has 2 aromatic rings. The summed E-state index contributed by atoms with van der Waals surface area (Å²) in [5.41, 5.74) is 2.02. The van der Waals surface area contributed by atoms with Gasteiger partial charge in [0.25, 0.3) is 5.69 Å². The SMILES string of the molecule is Cl.O=[N+]([O-])c1ccc(CCNC[C@@H](O)c2ccccc2)cc1. The number of aliphatic hydroxyl groups excluding tert-OH is 1. The fourth-order valence-electron chi connectivity index (χ4n) is 2.05. The van der Waals surface area contributed by atoms with Crippen molar-refractivity contribution in [3.05, 3.63) is 75.8 Å². The monoisotopic (exact) mass is 322 g/mol. The van der Waals surface area contributed by atoms with Crippen LogP contribution in [0.2, 0.25) is 0 Å². The molecule has 0 fully saturated rings. The van der Waals surface area contributed by atoms with Gasteiger partial charge < -0.3 is 10.4 Å². The summed E-state index contributed by atoms with van der Waals surface area (Å²) >= 11 is 0. The number of nitrogens with one attached hydrogen (secondary N) is 1. The zero-order chi connectivity index (χ0) is 15.1. The van der Waals surface area contributed by atoms with Gasteiger partial charge in [-0.2, -0.15) is 0 Å². The molecular weight excluding hydrogens is 304 g/mol. The van der Waals surface area contributed by atoms with E-state index < -0.39 is 11.0 Å². The highest BCUT2D eigenvalue weighted by atomic mass is 35.5. The molecule has 0 aromatic heterocycles. The minimum atomic E-state index is -0.525. The minimum Gasteiger partial charge on any atom is -0.387 e. The standard InChI is InChI=1S/C16H18N2O3.ClH/c19-16(14-4-2-1-3-5-14)12-17-11-10-13-6-8-15(9-7-13)18(20)21;/h1-9,16-17,19H,10-12H2;1H/t16-;/m1./s1. The summed E-state index contributed by atoms with van der Waals surface area (Å²) in [4.78, 5) is 10.1. The van der Waals surface area contributed by atoms with Gasteiger partial charge in [0.2, 0.25) is 0 Å². The summed E-state index contributed by atoms with van der Waals surface area (Å²) in [6, 6.07) is 16.0. The highest BCUT2D eigenvalue weighted by molar-refractivity contribution is 5.85. The summed E-state index contributed by atoms with van der Waals surface area (Å²) < 4.78 is 0. The minimum absolute atomic E-state index is 0. The van der Waals surface area contributed by atoms with Crippen LogP contribution in [0.3, 0.4) is 0 Å². The van der Waals surface area contributed by atoms with E-state index in [0.717, 1.165) is 17.5 Å². The number of nitro benzene ring substituents is 1. The van der Waals surface area contributed by atoms with Crippen molar-refractivity contribution in [1.82, 2.24) is 5.32 Å². The molecule has 0 aliphatic rings. The van der Waals surface area contributed by atoms with Gasteiger partial charge in [-0.1, -0.05) is 42.5 Å². The van der Waals surface area contributed by atoms with E-state index in [2.05, 4.69) is 5.32 Å². The Morgan fingerprint density at radius 2 is 1.73 bits per heavy atom. The van der Waals surface area contributed by atoms with Gasteiger partial charge in [-0.05, 0) is 24.1 Å². The molecule has 0 bridgehead atoms. The Balaban J connectivity index is 0.00000242. The molecule has 0 spiro atoms. The van der Waals surface area contributed by atoms with Crippen LogP contribution in [0, 0.1) is 10.1 Å². The van der Waals surface area contributed by atoms with Crippen LogP contribution in [-0.2, 0) is 6.42 Å². The Labute approximate surface area is 135 Å². The molecular formula is C16H19ClN2O3. The molecule has 2 N–H and O–H groups in total. The number of aliphatic hydroxyl groups is 1.